The first kappa shape index (κ1) is 22.3. The van der Waals surface area contributed by atoms with Crippen molar-refractivity contribution >= 4 is 27.3 Å². The number of benzene rings is 3. The summed E-state index contributed by atoms with van der Waals surface area (Å²) in [6, 6.07) is 18.9. The molecule has 0 bridgehead atoms. The molecule has 0 unspecified atom stereocenters. The molecule has 0 heterocycles. The van der Waals surface area contributed by atoms with Crippen LogP contribution in [0.4, 0.5) is 15.8 Å². The molecule has 1 N–H and O–H groups in total. The number of carbonyl (C=O) groups excluding carboxylic acids is 1. The molecule has 0 aliphatic carbocycles. The Morgan fingerprint density at radius 2 is 1.58 bits per heavy atom. The summed E-state index contributed by atoms with van der Waals surface area (Å²) in [4.78, 5) is 12.5. The van der Waals surface area contributed by atoms with E-state index in [1.54, 1.807) is 48.5 Å². The minimum absolute atomic E-state index is 0.0524. The molecule has 3 rings (SSSR count). The summed E-state index contributed by atoms with van der Waals surface area (Å²) in [5, 5.41) is 2.79. The van der Waals surface area contributed by atoms with Crippen LogP contribution in [-0.4, -0.2) is 27.2 Å². The number of amides is 1. The second-order valence-corrected chi connectivity index (χ2v) is 8.76. The number of anilines is 2. The van der Waals surface area contributed by atoms with Crippen molar-refractivity contribution in [2.45, 2.75) is 13.5 Å². The molecule has 0 fully saturated rings. The van der Waals surface area contributed by atoms with Crippen LogP contribution in [0.25, 0.3) is 0 Å². The number of halogens is 1. The summed E-state index contributed by atoms with van der Waals surface area (Å²) in [6.07, 6.45) is 1.10. The fourth-order valence-corrected chi connectivity index (χ4v) is 3.83. The average Bonchev–Trinajstić information content (AvgIpc) is 2.74. The Morgan fingerprint density at radius 1 is 0.968 bits per heavy atom. The second-order valence-electron chi connectivity index (χ2n) is 6.85. The Balaban J connectivity index is 1.74. The topological polar surface area (TPSA) is 75.7 Å². The highest BCUT2D eigenvalue weighted by molar-refractivity contribution is 7.92. The first-order chi connectivity index (χ1) is 14.8. The van der Waals surface area contributed by atoms with E-state index in [9.17, 15) is 17.6 Å². The molecule has 0 aromatic heterocycles. The smallest absolute Gasteiger partial charge is 0.255 e. The van der Waals surface area contributed by atoms with Gasteiger partial charge in [0, 0.05) is 11.3 Å². The van der Waals surface area contributed by atoms with Gasteiger partial charge in [0.15, 0.2) is 0 Å². The van der Waals surface area contributed by atoms with Crippen LogP contribution in [0.15, 0.2) is 72.8 Å². The Bertz CT molecular complexity index is 1130. The normalized spacial score (nSPS) is 11.1. The summed E-state index contributed by atoms with van der Waals surface area (Å²) in [6.45, 7) is 2.50. The van der Waals surface area contributed by atoms with E-state index in [-0.39, 0.29) is 12.5 Å². The summed E-state index contributed by atoms with van der Waals surface area (Å²) in [5.74, 6) is 0.00423. The second kappa shape index (κ2) is 9.61. The van der Waals surface area contributed by atoms with Gasteiger partial charge in [-0.3, -0.25) is 9.10 Å². The van der Waals surface area contributed by atoms with Crippen LogP contribution in [0.2, 0.25) is 0 Å². The number of rotatable bonds is 8. The van der Waals surface area contributed by atoms with E-state index < -0.39 is 15.8 Å². The number of nitrogens with zero attached hydrogens (tertiary/aromatic N) is 1. The van der Waals surface area contributed by atoms with Crippen LogP contribution in [0.3, 0.4) is 0 Å². The molecule has 0 radical (unpaired) electrons. The van der Waals surface area contributed by atoms with Crippen molar-refractivity contribution in [1.82, 2.24) is 0 Å². The van der Waals surface area contributed by atoms with Crippen molar-refractivity contribution in [3.8, 4) is 5.75 Å². The van der Waals surface area contributed by atoms with Gasteiger partial charge in [-0.15, -0.1) is 0 Å². The van der Waals surface area contributed by atoms with Gasteiger partial charge in [0.05, 0.1) is 25.1 Å². The van der Waals surface area contributed by atoms with Gasteiger partial charge in [0.25, 0.3) is 5.91 Å². The Hall–Kier alpha value is -3.39. The molecule has 0 aliphatic rings. The minimum atomic E-state index is -3.59. The molecule has 0 saturated heterocycles. The van der Waals surface area contributed by atoms with E-state index in [2.05, 4.69) is 5.32 Å². The van der Waals surface area contributed by atoms with Crippen molar-refractivity contribution in [2.75, 3.05) is 22.5 Å². The fraction of sp³-hybridized carbons (Fsp3) is 0.174. The molecule has 3 aromatic carbocycles. The van der Waals surface area contributed by atoms with E-state index in [1.165, 1.54) is 28.6 Å². The summed E-state index contributed by atoms with van der Waals surface area (Å²) < 4.78 is 44.3. The quantitative estimate of drug-likeness (QED) is 0.560. The third kappa shape index (κ3) is 6.05. The lowest BCUT2D eigenvalue weighted by atomic mass is 10.1. The van der Waals surface area contributed by atoms with Crippen molar-refractivity contribution in [2.24, 2.45) is 0 Å². The number of hydrogen-bond acceptors (Lipinski definition) is 4. The van der Waals surface area contributed by atoms with Gasteiger partial charge in [-0.25, -0.2) is 12.8 Å². The highest BCUT2D eigenvalue weighted by atomic mass is 32.2. The zero-order chi connectivity index (χ0) is 22.4. The maximum atomic E-state index is 13.1. The van der Waals surface area contributed by atoms with Crippen LogP contribution in [0.5, 0.6) is 5.75 Å². The molecule has 0 atom stereocenters. The largest absolute Gasteiger partial charge is 0.494 e. The molecule has 0 aliphatic heterocycles. The van der Waals surface area contributed by atoms with Crippen LogP contribution >= 0.6 is 0 Å². The van der Waals surface area contributed by atoms with E-state index in [0.29, 0.717) is 34.9 Å². The van der Waals surface area contributed by atoms with Crippen molar-refractivity contribution < 1.29 is 22.3 Å². The molecule has 31 heavy (non-hydrogen) atoms. The highest BCUT2D eigenvalue weighted by Gasteiger charge is 2.18. The van der Waals surface area contributed by atoms with Crippen molar-refractivity contribution in [3.05, 3.63) is 89.7 Å². The van der Waals surface area contributed by atoms with Gasteiger partial charge < -0.3 is 10.1 Å². The predicted molar refractivity (Wildman–Crippen MR) is 119 cm³/mol. The molecular weight excluding hydrogens is 419 g/mol. The SMILES string of the molecule is CCOc1ccc(NC(=O)c2ccc(N(Cc3ccc(F)cc3)S(C)(=O)=O)cc2)cc1. The maximum Gasteiger partial charge on any atom is 0.255 e. The molecule has 0 spiro atoms. The van der Waals surface area contributed by atoms with Crippen LogP contribution in [0, 0.1) is 5.82 Å². The Kier molecular flexibility index (Phi) is 6.91. The van der Waals surface area contributed by atoms with Crippen LogP contribution in [0.1, 0.15) is 22.8 Å². The van der Waals surface area contributed by atoms with Crippen molar-refractivity contribution in [3.63, 3.8) is 0 Å². The van der Waals surface area contributed by atoms with E-state index in [1.807, 2.05) is 6.92 Å². The standard InChI is InChI=1S/C23H23FN2O4S/c1-3-30-22-14-10-20(11-15-22)25-23(27)18-6-12-21(13-7-18)26(31(2,28)29)16-17-4-8-19(24)9-5-17/h4-15H,3,16H2,1-2H3,(H,25,27). The van der Waals surface area contributed by atoms with Crippen molar-refractivity contribution in [1.29, 1.82) is 0 Å². The highest BCUT2D eigenvalue weighted by Crippen LogP contribution is 2.22. The summed E-state index contributed by atoms with van der Waals surface area (Å²) in [7, 11) is -3.59. The molecule has 6 nitrogen and oxygen atoms in total. The van der Waals surface area contributed by atoms with Gasteiger partial charge in [-0.2, -0.15) is 0 Å². The van der Waals surface area contributed by atoms with E-state index >= 15 is 0 Å². The lowest BCUT2D eigenvalue weighted by Crippen LogP contribution is -2.29. The third-order valence-electron chi connectivity index (χ3n) is 4.48. The van der Waals surface area contributed by atoms with Gasteiger partial charge in [-0.1, -0.05) is 12.1 Å². The number of carbonyl (C=O) groups is 1. The molecule has 0 saturated carbocycles. The fourth-order valence-electron chi connectivity index (χ4n) is 2.94. The van der Waals surface area contributed by atoms with Crippen LogP contribution in [-0.2, 0) is 16.6 Å². The first-order valence-corrected chi connectivity index (χ1v) is 11.5. The number of sulfonamides is 1. The zero-order valence-electron chi connectivity index (χ0n) is 17.2. The molecule has 162 valence electrons. The number of nitrogens with one attached hydrogen (secondary N) is 1. The van der Waals surface area contributed by atoms with E-state index in [0.717, 1.165) is 6.26 Å². The Labute approximate surface area is 181 Å². The summed E-state index contributed by atoms with van der Waals surface area (Å²) in [5.41, 5.74) is 2.05. The average molecular weight is 443 g/mol. The molecule has 3 aromatic rings. The third-order valence-corrected chi connectivity index (χ3v) is 5.62. The monoisotopic (exact) mass is 442 g/mol. The van der Waals surface area contributed by atoms with Gasteiger partial charge in [-0.05, 0) is 73.2 Å². The predicted octanol–water partition coefficient (Wildman–Crippen LogP) is 4.44. The molecule has 8 heteroatoms. The lowest BCUT2D eigenvalue weighted by Gasteiger charge is -2.22. The molecular formula is C23H23FN2O4S. The minimum Gasteiger partial charge on any atom is -0.494 e. The van der Waals surface area contributed by atoms with E-state index in [4.69, 9.17) is 4.74 Å². The number of ether oxygens (including phenoxy) is 1. The summed E-state index contributed by atoms with van der Waals surface area (Å²) >= 11 is 0. The van der Waals surface area contributed by atoms with Gasteiger partial charge in [0.1, 0.15) is 11.6 Å². The first-order valence-electron chi connectivity index (χ1n) is 9.62. The van der Waals surface area contributed by atoms with Gasteiger partial charge in [0.2, 0.25) is 10.0 Å². The van der Waals surface area contributed by atoms with Crippen LogP contribution < -0.4 is 14.4 Å². The lowest BCUT2D eigenvalue weighted by molar-refractivity contribution is 0.102. The number of hydrogen-bond donors (Lipinski definition) is 1. The Morgan fingerprint density at radius 3 is 2.13 bits per heavy atom. The zero-order valence-corrected chi connectivity index (χ0v) is 18.0. The maximum absolute atomic E-state index is 13.1. The van der Waals surface area contributed by atoms with Gasteiger partial charge >= 0.3 is 0 Å². The molecule has 1 amide bonds.